The van der Waals surface area contributed by atoms with Gasteiger partial charge in [0.25, 0.3) is 0 Å². The molecule has 1 unspecified atom stereocenters. The lowest BCUT2D eigenvalue weighted by molar-refractivity contribution is -0.235. The molecular weight excluding hydrogens is 693 g/mol. The molecule has 3 N–H and O–H groups in total. The molecule has 0 bridgehead atoms. The van der Waals surface area contributed by atoms with E-state index < -0.39 is 28.9 Å². The first-order valence-electron chi connectivity index (χ1n) is 21.9. The van der Waals surface area contributed by atoms with Gasteiger partial charge in [-0.3, -0.25) is 24.1 Å². The highest BCUT2D eigenvalue weighted by atomic mass is 16.5. The second-order valence-electron chi connectivity index (χ2n) is 21.6. The maximum absolute atomic E-state index is 14.2. The van der Waals surface area contributed by atoms with E-state index in [1.165, 1.54) is 24.8 Å². The molecule has 5 fully saturated rings. The van der Waals surface area contributed by atoms with Crippen LogP contribution in [0.1, 0.15) is 153 Å². The molecule has 0 aromatic rings. The molecule has 6 aliphatic rings. The number of carbonyl (C=O) groups excluding carboxylic acids is 3. The normalized spacial score (nSPS) is 37.7. The van der Waals surface area contributed by atoms with E-state index in [9.17, 15) is 29.4 Å². The van der Waals surface area contributed by atoms with Gasteiger partial charge in [0.2, 0.25) is 5.91 Å². The Morgan fingerprint density at radius 2 is 1.62 bits per heavy atom. The zero-order valence-electron chi connectivity index (χ0n) is 35.9. The molecule has 0 radical (unpaired) electrons. The second kappa shape index (κ2) is 14.8. The fourth-order valence-corrected chi connectivity index (χ4v) is 14.0. The number of aliphatic hydroxyl groups is 1. The summed E-state index contributed by atoms with van der Waals surface area (Å²) in [4.78, 5) is 53.3. The quantitative estimate of drug-likeness (QED) is 0.161. The molecule has 5 saturated carbocycles. The number of aliphatic carboxylic acids is 1. The lowest BCUT2D eigenvalue weighted by Gasteiger charge is -2.72. The van der Waals surface area contributed by atoms with Crippen LogP contribution in [0.2, 0.25) is 0 Å². The third-order valence-electron chi connectivity index (χ3n) is 17.5. The molecule has 310 valence electrons. The number of aliphatic hydroxyl groups excluding tert-OH is 1. The average Bonchev–Trinajstić information content (AvgIpc) is 3.37. The topological polar surface area (TPSA) is 133 Å². The van der Waals surface area contributed by atoms with Crippen LogP contribution in [0.3, 0.4) is 0 Å². The summed E-state index contributed by atoms with van der Waals surface area (Å²) in [5.74, 6) is 0.597. The Hall–Kier alpha value is -2.26. The van der Waals surface area contributed by atoms with Crippen molar-refractivity contribution in [1.29, 1.82) is 0 Å². The van der Waals surface area contributed by atoms with Crippen molar-refractivity contribution >= 4 is 23.6 Å². The van der Waals surface area contributed by atoms with Crippen molar-refractivity contribution in [2.24, 2.45) is 62.1 Å². The van der Waals surface area contributed by atoms with Gasteiger partial charge in [-0.1, -0.05) is 60.5 Å². The molecular formula is C46H74N2O7. The van der Waals surface area contributed by atoms with Crippen molar-refractivity contribution in [2.75, 3.05) is 26.2 Å². The van der Waals surface area contributed by atoms with Gasteiger partial charge in [0, 0.05) is 50.4 Å². The molecule has 6 rings (SSSR count). The molecule has 0 aromatic heterocycles. The van der Waals surface area contributed by atoms with Gasteiger partial charge in [-0.25, -0.2) is 0 Å². The van der Waals surface area contributed by atoms with Crippen molar-refractivity contribution < 1.29 is 34.1 Å². The SMILES string of the molecule is CC(=O)NCCN(CC1CCC1)C[C@H](O)[C@@]12CC[C@]3(C)[C@H](CC[C@@H]4[C@@]5(C)CCC(OC(=O)CC(C)(C)C(=O)O)C(C)(C)[C@@H]5CC[C@]43C)C1=C(C(C)C)C(=O)C2. The molecule has 0 aliphatic heterocycles. The van der Waals surface area contributed by atoms with Gasteiger partial charge in [0.15, 0.2) is 5.78 Å². The number of rotatable bonds is 13. The number of ketones is 1. The second-order valence-corrected chi connectivity index (χ2v) is 21.6. The lowest BCUT2D eigenvalue weighted by Crippen LogP contribution is -2.66. The highest BCUT2D eigenvalue weighted by Crippen LogP contribution is 2.77. The maximum Gasteiger partial charge on any atom is 0.309 e. The van der Waals surface area contributed by atoms with Gasteiger partial charge < -0.3 is 20.3 Å². The molecule has 55 heavy (non-hydrogen) atoms. The van der Waals surface area contributed by atoms with Crippen LogP contribution < -0.4 is 5.32 Å². The number of Topliss-reactive ketones (excluding diaryl/α,β-unsaturated/α-hetero) is 1. The van der Waals surface area contributed by atoms with Gasteiger partial charge >= 0.3 is 11.9 Å². The summed E-state index contributed by atoms with van der Waals surface area (Å²) in [5.41, 5.74) is 0.392. The summed E-state index contributed by atoms with van der Waals surface area (Å²) in [6, 6.07) is 0. The van der Waals surface area contributed by atoms with Crippen molar-refractivity contribution in [2.45, 2.75) is 165 Å². The number of fused-ring (bicyclic) bond motifs is 7. The summed E-state index contributed by atoms with van der Waals surface area (Å²) in [7, 11) is 0. The average molecular weight is 767 g/mol. The Bertz CT molecular complexity index is 1560. The predicted octanol–water partition coefficient (Wildman–Crippen LogP) is 7.98. The first kappa shape index (κ1) is 42.3. The van der Waals surface area contributed by atoms with E-state index in [0.29, 0.717) is 43.8 Å². The van der Waals surface area contributed by atoms with Gasteiger partial charge in [0.1, 0.15) is 6.10 Å². The van der Waals surface area contributed by atoms with E-state index in [4.69, 9.17) is 4.74 Å². The summed E-state index contributed by atoms with van der Waals surface area (Å²) >= 11 is 0. The van der Waals surface area contributed by atoms with E-state index >= 15 is 0 Å². The van der Waals surface area contributed by atoms with Gasteiger partial charge in [-0.2, -0.15) is 0 Å². The van der Waals surface area contributed by atoms with E-state index in [-0.39, 0.29) is 57.7 Å². The molecule has 9 atom stereocenters. The molecule has 0 heterocycles. The standard InChI is InChI=1S/C46H74N2O7/c1-28(2)38-32(50)24-46(35(51)27-48(23-22-47-29(3)49)26-30-12-11-13-30)21-20-44(9)31(39(38)46)14-15-34-43(8)18-17-36(55-37(52)25-41(4,5)40(53)54)42(6,7)33(43)16-19-45(34,44)10/h28,30-31,33-36,51H,11-27H2,1-10H3,(H,47,49)(H,53,54)/t31-,33+,34-,35+,36?,43+,44-,45-,46+/m1/s1. The van der Waals surface area contributed by atoms with Gasteiger partial charge in [0.05, 0.1) is 17.9 Å². The fourth-order valence-electron chi connectivity index (χ4n) is 14.0. The fraction of sp³-hybridized carbons (Fsp3) is 0.870. The Labute approximate surface area is 331 Å². The Morgan fingerprint density at radius 3 is 2.22 bits per heavy atom. The van der Waals surface area contributed by atoms with E-state index in [0.717, 1.165) is 63.5 Å². The zero-order valence-corrected chi connectivity index (χ0v) is 35.9. The molecule has 9 nitrogen and oxygen atoms in total. The highest BCUT2D eigenvalue weighted by molar-refractivity contribution is 6.00. The number of ether oxygens (including phenoxy) is 1. The van der Waals surface area contributed by atoms with Crippen LogP contribution in [-0.4, -0.2) is 77.1 Å². The zero-order chi connectivity index (χ0) is 40.5. The highest BCUT2D eigenvalue weighted by Gasteiger charge is 2.71. The van der Waals surface area contributed by atoms with Crippen LogP contribution in [0.15, 0.2) is 11.1 Å². The summed E-state index contributed by atoms with van der Waals surface area (Å²) in [5, 5.41) is 25.2. The first-order chi connectivity index (χ1) is 25.5. The molecule has 0 aromatic carbocycles. The largest absolute Gasteiger partial charge is 0.481 e. The first-order valence-corrected chi connectivity index (χ1v) is 21.9. The molecule has 9 heteroatoms. The van der Waals surface area contributed by atoms with Crippen molar-refractivity contribution in [3.8, 4) is 0 Å². The summed E-state index contributed by atoms with van der Waals surface area (Å²) < 4.78 is 6.18. The van der Waals surface area contributed by atoms with Crippen LogP contribution in [0.4, 0.5) is 0 Å². The number of carboxylic acid groups (broad SMARTS) is 1. The number of amides is 1. The van der Waals surface area contributed by atoms with Crippen LogP contribution in [0.25, 0.3) is 0 Å². The van der Waals surface area contributed by atoms with E-state index in [1.807, 2.05) is 0 Å². The van der Waals surface area contributed by atoms with Gasteiger partial charge in [-0.05, 0) is 129 Å². The molecule has 0 spiro atoms. The van der Waals surface area contributed by atoms with E-state index in [2.05, 4.69) is 58.7 Å². The summed E-state index contributed by atoms with van der Waals surface area (Å²) in [6.45, 7) is 23.9. The van der Waals surface area contributed by atoms with Crippen LogP contribution in [-0.2, 0) is 23.9 Å². The monoisotopic (exact) mass is 767 g/mol. The third-order valence-corrected chi connectivity index (χ3v) is 17.5. The maximum atomic E-state index is 14.2. The third kappa shape index (κ3) is 7.05. The summed E-state index contributed by atoms with van der Waals surface area (Å²) in [6.07, 6.45) is 10.8. The minimum atomic E-state index is -1.17. The van der Waals surface area contributed by atoms with Crippen molar-refractivity contribution in [3.63, 3.8) is 0 Å². The number of carbonyl (C=O) groups is 4. The molecule has 6 aliphatic carbocycles. The van der Waals surface area contributed by atoms with Crippen molar-refractivity contribution in [3.05, 3.63) is 11.1 Å². The number of hydrogen-bond donors (Lipinski definition) is 3. The van der Waals surface area contributed by atoms with E-state index in [1.54, 1.807) is 20.8 Å². The molecule has 1 amide bonds. The van der Waals surface area contributed by atoms with Crippen molar-refractivity contribution in [1.82, 2.24) is 10.2 Å². The lowest BCUT2D eigenvalue weighted by atomic mass is 9.33. The predicted molar refractivity (Wildman–Crippen MR) is 214 cm³/mol. The van der Waals surface area contributed by atoms with Crippen LogP contribution >= 0.6 is 0 Å². The molecule has 0 saturated heterocycles. The van der Waals surface area contributed by atoms with Crippen LogP contribution in [0, 0.1) is 62.1 Å². The smallest absolute Gasteiger partial charge is 0.309 e. The van der Waals surface area contributed by atoms with Gasteiger partial charge in [-0.15, -0.1) is 0 Å². The van der Waals surface area contributed by atoms with Crippen LogP contribution in [0.5, 0.6) is 0 Å². The number of nitrogens with zero attached hydrogens (tertiary/aromatic N) is 1. The Morgan fingerprint density at radius 1 is 0.927 bits per heavy atom. The Kier molecular flexibility index (Phi) is 11.4. The number of carboxylic acids is 1. The number of allylic oxidation sites excluding steroid dienone is 1. The number of esters is 1. The number of hydrogen-bond acceptors (Lipinski definition) is 7. The number of nitrogens with one attached hydrogen (secondary N) is 1. The Balaban J connectivity index is 1.27. The minimum Gasteiger partial charge on any atom is -0.481 e. The minimum absolute atomic E-state index is 0.0277.